The lowest BCUT2D eigenvalue weighted by Crippen LogP contribution is -2.35. The second-order valence-electron chi connectivity index (χ2n) is 4.99. The Balaban J connectivity index is 2.82. The first kappa shape index (κ1) is 15.3. The van der Waals surface area contributed by atoms with Gasteiger partial charge < -0.3 is 0 Å². The maximum atomic E-state index is 11.9. The molecule has 0 saturated carbocycles. The van der Waals surface area contributed by atoms with Crippen molar-refractivity contribution >= 4 is 15.8 Å². The number of nitriles is 1. The monoisotopic (exact) mass is 281 g/mol. The van der Waals surface area contributed by atoms with Crippen molar-refractivity contribution in [2.24, 2.45) is 5.41 Å². The van der Waals surface area contributed by atoms with Crippen molar-refractivity contribution in [2.45, 2.75) is 25.7 Å². The van der Waals surface area contributed by atoms with Crippen LogP contribution in [0.4, 0.5) is 0 Å². The van der Waals surface area contributed by atoms with E-state index in [-0.39, 0.29) is 22.9 Å². The zero-order valence-electron chi connectivity index (χ0n) is 11.0. The van der Waals surface area contributed by atoms with Gasteiger partial charge in [0.15, 0.2) is 5.78 Å². The number of nitrogens with zero attached hydrogens (tertiary/aromatic N) is 2. The van der Waals surface area contributed by atoms with Crippen molar-refractivity contribution in [1.82, 2.24) is 9.71 Å². The fourth-order valence-electron chi connectivity index (χ4n) is 1.11. The molecule has 0 atom stereocenters. The molecule has 1 rings (SSSR count). The fourth-order valence-corrected chi connectivity index (χ4v) is 2.04. The van der Waals surface area contributed by atoms with Crippen molar-refractivity contribution in [1.29, 1.82) is 5.26 Å². The molecule has 0 aliphatic rings. The Labute approximate surface area is 112 Å². The molecule has 1 heterocycles. The summed E-state index contributed by atoms with van der Waals surface area (Å²) in [6, 6.07) is 4.37. The maximum Gasteiger partial charge on any atom is 0.242 e. The number of pyridine rings is 1. The summed E-state index contributed by atoms with van der Waals surface area (Å²) in [4.78, 5) is 15.3. The molecule has 102 valence electrons. The Morgan fingerprint density at radius 2 is 2.05 bits per heavy atom. The van der Waals surface area contributed by atoms with Crippen molar-refractivity contribution < 1.29 is 13.2 Å². The Kier molecular flexibility index (Phi) is 4.39. The van der Waals surface area contributed by atoms with Crippen LogP contribution in [-0.4, -0.2) is 25.7 Å². The number of hydrogen-bond donors (Lipinski definition) is 1. The van der Waals surface area contributed by atoms with Gasteiger partial charge in [-0.2, -0.15) is 5.26 Å². The molecule has 0 fully saturated rings. The molecular weight excluding hydrogens is 266 g/mol. The zero-order valence-corrected chi connectivity index (χ0v) is 11.8. The molecule has 0 bridgehead atoms. The molecule has 0 amide bonds. The summed E-state index contributed by atoms with van der Waals surface area (Å²) in [5.74, 6) is -0.210. The molecule has 0 spiro atoms. The minimum atomic E-state index is -3.78. The molecule has 0 saturated heterocycles. The lowest BCUT2D eigenvalue weighted by molar-refractivity contribution is -0.125. The number of carbonyl (C=O) groups is 1. The SMILES string of the molecule is CC(C)(C)C(=O)CNS(=O)(=O)c1ccc(C#N)nc1. The average Bonchev–Trinajstić information content (AvgIpc) is 2.35. The van der Waals surface area contributed by atoms with E-state index in [1.54, 1.807) is 26.8 Å². The number of ketones is 1. The van der Waals surface area contributed by atoms with Crippen molar-refractivity contribution in [3.63, 3.8) is 0 Å². The molecular formula is C12H15N3O3S. The van der Waals surface area contributed by atoms with Crippen LogP contribution in [-0.2, 0) is 14.8 Å². The summed E-state index contributed by atoms with van der Waals surface area (Å²) in [5.41, 5.74) is -0.476. The summed E-state index contributed by atoms with van der Waals surface area (Å²) in [7, 11) is -3.78. The number of Topliss-reactive ketones (excluding diaryl/α,β-unsaturated/α-hetero) is 1. The van der Waals surface area contributed by atoms with E-state index < -0.39 is 15.4 Å². The van der Waals surface area contributed by atoms with Gasteiger partial charge in [0, 0.05) is 11.6 Å². The van der Waals surface area contributed by atoms with Gasteiger partial charge in [0.2, 0.25) is 10.0 Å². The van der Waals surface area contributed by atoms with Crippen LogP contribution in [0.2, 0.25) is 0 Å². The van der Waals surface area contributed by atoms with Crippen LogP contribution in [0.3, 0.4) is 0 Å². The second-order valence-corrected chi connectivity index (χ2v) is 6.76. The van der Waals surface area contributed by atoms with Gasteiger partial charge in [-0.1, -0.05) is 20.8 Å². The highest BCUT2D eigenvalue weighted by Crippen LogP contribution is 2.14. The highest BCUT2D eigenvalue weighted by Gasteiger charge is 2.23. The summed E-state index contributed by atoms with van der Waals surface area (Å²) in [6.45, 7) is 4.87. The molecule has 7 heteroatoms. The average molecular weight is 281 g/mol. The molecule has 0 radical (unpaired) electrons. The van der Waals surface area contributed by atoms with Crippen LogP contribution in [0.5, 0.6) is 0 Å². The van der Waals surface area contributed by atoms with E-state index in [1.807, 2.05) is 0 Å². The van der Waals surface area contributed by atoms with Crippen molar-refractivity contribution in [2.75, 3.05) is 6.54 Å². The third-order valence-electron chi connectivity index (χ3n) is 2.42. The lowest BCUT2D eigenvalue weighted by Gasteiger charge is -2.16. The van der Waals surface area contributed by atoms with Gasteiger partial charge in [0.25, 0.3) is 0 Å². The number of hydrogen-bond acceptors (Lipinski definition) is 5. The first-order chi connectivity index (χ1) is 8.66. The normalized spacial score (nSPS) is 11.9. The smallest absolute Gasteiger partial charge is 0.242 e. The number of nitrogens with one attached hydrogen (secondary N) is 1. The van der Waals surface area contributed by atoms with E-state index in [9.17, 15) is 13.2 Å². The Bertz CT molecular complexity index is 607. The van der Waals surface area contributed by atoms with E-state index >= 15 is 0 Å². The van der Waals surface area contributed by atoms with E-state index in [0.29, 0.717) is 0 Å². The summed E-state index contributed by atoms with van der Waals surface area (Å²) in [6.07, 6.45) is 1.09. The predicted molar refractivity (Wildman–Crippen MR) is 68.6 cm³/mol. The quantitative estimate of drug-likeness (QED) is 0.881. The maximum absolute atomic E-state index is 11.9. The number of rotatable bonds is 4. The van der Waals surface area contributed by atoms with Crippen LogP contribution >= 0.6 is 0 Å². The van der Waals surface area contributed by atoms with Crippen LogP contribution < -0.4 is 4.72 Å². The molecule has 0 aliphatic carbocycles. The van der Waals surface area contributed by atoms with Crippen LogP contribution in [0.1, 0.15) is 26.5 Å². The second kappa shape index (κ2) is 5.47. The molecule has 19 heavy (non-hydrogen) atoms. The third kappa shape index (κ3) is 4.12. The minimum Gasteiger partial charge on any atom is -0.298 e. The van der Waals surface area contributed by atoms with Crippen molar-refractivity contribution in [3.05, 3.63) is 24.0 Å². The van der Waals surface area contributed by atoms with Crippen LogP contribution in [0.15, 0.2) is 23.2 Å². The molecule has 6 nitrogen and oxygen atoms in total. The lowest BCUT2D eigenvalue weighted by atomic mass is 9.91. The van der Waals surface area contributed by atoms with Gasteiger partial charge in [-0.3, -0.25) is 4.79 Å². The number of aromatic nitrogens is 1. The predicted octanol–water partition coefficient (Wildman–Crippen LogP) is 0.847. The van der Waals surface area contributed by atoms with Crippen LogP contribution in [0, 0.1) is 16.7 Å². The van der Waals surface area contributed by atoms with E-state index in [1.165, 1.54) is 12.1 Å². The Morgan fingerprint density at radius 1 is 1.42 bits per heavy atom. The molecule has 1 N–H and O–H groups in total. The Hall–Kier alpha value is -1.78. The van der Waals surface area contributed by atoms with Gasteiger partial charge in [-0.25, -0.2) is 18.1 Å². The van der Waals surface area contributed by atoms with E-state index in [4.69, 9.17) is 5.26 Å². The first-order valence-electron chi connectivity index (χ1n) is 5.56. The summed E-state index contributed by atoms with van der Waals surface area (Å²) >= 11 is 0. The standard InChI is InChI=1S/C12H15N3O3S/c1-12(2,3)11(16)8-15-19(17,18)10-5-4-9(6-13)14-7-10/h4-5,7,15H,8H2,1-3H3. The summed E-state index contributed by atoms with van der Waals surface area (Å²) < 4.78 is 26.0. The molecule has 0 aromatic carbocycles. The highest BCUT2D eigenvalue weighted by molar-refractivity contribution is 7.89. The van der Waals surface area contributed by atoms with Gasteiger partial charge in [-0.15, -0.1) is 0 Å². The van der Waals surface area contributed by atoms with Crippen LogP contribution in [0.25, 0.3) is 0 Å². The molecule has 1 aromatic rings. The largest absolute Gasteiger partial charge is 0.298 e. The summed E-state index contributed by atoms with van der Waals surface area (Å²) in [5, 5.41) is 8.57. The van der Waals surface area contributed by atoms with Gasteiger partial charge >= 0.3 is 0 Å². The van der Waals surface area contributed by atoms with E-state index in [2.05, 4.69) is 9.71 Å². The first-order valence-corrected chi connectivity index (χ1v) is 7.04. The highest BCUT2D eigenvalue weighted by atomic mass is 32.2. The molecule has 0 unspecified atom stereocenters. The van der Waals surface area contributed by atoms with Crippen molar-refractivity contribution in [3.8, 4) is 6.07 Å². The topological polar surface area (TPSA) is 99.9 Å². The van der Waals surface area contributed by atoms with Gasteiger partial charge in [0.05, 0.1) is 6.54 Å². The fraction of sp³-hybridized carbons (Fsp3) is 0.417. The van der Waals surface area contributed by atoms with Gasteiger partial charge in [0.1, 0.15) is 16.7 Å². The zero-order chi connectivity index (χ0) is 14.7. The van der Waals surface area contributed by atoms with E-state index in [0.717, 1.165) is 6.20 Å². The minimum absolute atomic E-state index is 0.0757. The molecule has 1 aromatic heterocycles. The molecule has 0 aliphatic heterocycles. The third-order valence-corrected chi connectivity index (χ3v) is 3.81. The number of sulfonamides is 1. The van der Waals surface area contributed by atoms with Gasteiger partial charge in [-0.05, 0) is 12.1 Å². The number of carbonyl (C=O) groups excluding carboxylic acids is 1. The Morgan fingerprint density at radius 3 is 2.47 bits per heavy atom.